The van der Waals surface area contributed by atoms with Gasteiger partial charge in [0.05, 0.1) is 24.9 Å². The number of oxazole rings is 1. The number of halogens is 5. The van der Waals surface area contributed by atoms with Gasteiger partial charge in [-0.1, -0.05) is 18.5 Å². The molecule has 9 nitrogen and oxygen atoms in total. The Balaban J connectivity index is 0.000000976. The largest absolute Gasteiger partial charge is 0.431 e. The molecule has 0 spiro atoms. The number of alkyl halides is 3. The number of benzene rings is 1. The van der Waals surface area contributed by atoms with Gasteiger partial charge in [-0.2, -0.15) is 13.2 Å². The van der Waals surface area contributed by atoms with Crippen molar-refractivity contribution in [2.75, 3.05) is 6.54 Å². The van der Waals surface area contributed by atoms with Gasteiger partial charge in [-0.25, -0.2) is 14.4 Å². The first kappa shape index (κ1) is 31.9. The number of carbonyl (C=O) groups excluding carboxylic acids is 3. The zero-order valence-corrected chi connectivity index (χ0v) is 22.3. The van der Waals surface area contributed by atoms with Gasteiger partial charge < -0.3 is 20.2 Å². The maximum absolute atomic E-state index is 13.5. The van der Waals surface area contributed by atoms with Crippen LogP contribution in [0.15, 0.2) is 40.4 Å². The highest BCUT2D eigenvalue weighted by Crippen LogP contribution is 2.25. The number of thiazole rings is 1. The molecule has 0 bridgehead atoms. The summed E-state index contributed by atoms with van der Waals surface area (Å²) in [5.41, 5.74) is 0.176. The minimum atomic E-state index is -4.53. The van der Waals surface area contributed by atoms with E-state index in [1.54, 1.807) is 6.92 Å². The Bertz CT molecular complexity index is 1230. The van der Waals surface area contributed by atoms with Crippen LogP contribution in [0.1, 0.15) is 53.5 Å². The lowest BCUT2D eigenvalue weighted by Crippen LogP contribution is -2.46. The molecule has 15 heteroatoms. The first-order chi connectivity index (χ1) is 18.3. The monoisotopic (exact) mass is 592 g/mol. The molecule has 1 aromatic carbocycles. The second-order valence-electron chi connectivity index (χ2n) is 8.10. The molecule has 0 radical (unpaired) electrons. The van der Waals surface area contributed by atoms with Crippen LogP contribution in [0, 0.1) is 5.82 Å². The fourth-order valence-corrected chi connectivity index (χ4v) is 3.61. The van der Waals surface area contributed by atoms with Crippen molar-refractivity contribution in [2.24, 2.45) is 0 Å². The van der Waals surface area contributed by atoms with Crippen LogP contribution < -0.4 is 10.6 Å². The minimum Gasteiger partial charge on any atom is -0.431 e. The van der Waals surface area contributed by atoms with Gasteiger partial charge >= 0.3 is 6.18 Å². The molecule has 0 saturated heterocycles. The molecule has 3 N–H and O–H groups in total. The van der Waals surface area contributed by atoms with Crippen LogP contribution in [-0.2, 0) is 4.79 Å². The molecular weight excluding hydrogens is 568 g/mol. The molecular formula is C24H25ClF4N4O5S. The summed E-state index contributed by atoms with van der Waals surface area (Å²) in [7, 11) is 0. The van der Waals surface area contributed by atoms with E-state index in [4.69, 9.17) is 21.1 Å². The molecule has 2 atom stereocenters. The third kappa shape index (κ3) is 11.1. The smallest absolute Gasteiger partial charge is 0.389 e. The van der Waals surface area contributed by atoms with Crippen molar-refractivity contribution in [3.05, 3.63) is 57.6 Å². The van der Waals surface area contributed by atoms with Crippen molar-refractivity contribution in [3.8, 4) is 11.5 Å². The van der Waals surface area contributed by atoms with Crippen LogP contribution in [0.25, 0.3) is 11.5 Å². The molecule has 0 saturated carbocycles. The number of ketones is 1. The Morgan fingerprint density at radius 1 is 1.21 bits per heavy atom. The van der Waals surface area contributed by atoms with Crippen LogP contribution in [0.3, 0.4) is 0 Å². The van der Waals surface area contributed by atoms with Crippen molar-refractivity contribution in [1.82, 2.24) is 20.6 Å². The third-order valence-electron chi connectivity index (χ3n) is 4.85. The van der Waals surface area contributed by atoms with Gasteiger partial charge in [-0.05, 0) is 38.0 Å². The SMILES string of the molecule is CCC(C)O.O=C(CNC(=O)c1cnc(-c2cc(F)cc(Cl)c2)o1)NC(CCC(F)(F)F)C(=O)c1nccs1. The Morgan fingerprint density at radius 3 is 2.46 bits per heavy atom. The summed E-state index contributed by atoms with van der Waals surface area (Å²) in [6.07, 6.45) is -3.43. The average Bonchev–Trinajstić information content (AvgIpc) is 3.57. The van der Waals surface area contributed by atoms with E-state index in [0.29, 0.717) is 0 Å². The second kappa shape index (κ2) is 14.7. The van der Waals surface area contributed by atoms with Crippen LogP contribution in [0.2, 0.25) is 5.02 Å². The van der Waals surface area contributed by atoms with Crippen molar-refractivity contribution in [3.63, 3.8) is 0 Å². The third-order valence-corrected chi connectivity index (χ3v) is 5.86. The first-order valence-electron chi connectivity index (χ1n) is 11.5. The molecule has 0 aliphatic carbocycles. The molecule has 3 aromatic rings. The number of carbonyl (C=O) groups is 3. The van der Waals surface area contributed by atoms with Crippen LogP contribution in [0.4, 0.5) is 17.6 Å². The van der Waals surface area contributed by atoms with E-state index in [9.17, 15) is 31.9 Å². The minimum absolute atomic E-state index is 0.0526. The average molecular weight is 593 g/mol. The van der Waals surface area contributed by atoms with Gasteiger partial charge in [-0.3, -0.25) is 14.4 Å². The highest BCUT2D eigenvalue weighted by Gasteiger charge is 2.32. The summed E-state index contributed by atoms with van der Waals surface area (Å²) in [4.78, 5) is 44.5. The first-order valence-corrected chi connectivity index (χ1v) is 12.7. The summed E-state index contributed by atoms with van der Waals surface area (Å²) >= 11 is 6.70. The molecule has 2 amide bonds. The Labute approximate surface area is 229 Å². The van der Waals surface area contributed by atoms with Gasteiger partial charge in [0, 0.05) is 28.6 Å². The lowest BCUT2D eigenvalue weighted by molar-refractivity contribution is -0.137. The van der Waals surface area contributed by atoms with Crippen molar-refractivity contribution >= 4 is 40.5 Å². The lowest BCUT2D eigenvalue weighted by Gasteiger charge is -2.17. The normalized spacial score (nSPS) is 12.6. The van der Waals surface area contributed by atoms with Gasteiger partial charge in [0.15, 0.2) is 5.01 Å². The number of rotatable bonds is 10. The number of nitrogens with zero attached hydrogens (tertiary/aromatic N) is 2. The molecule has 2 heterocycles. The summed E-state index contributed by atoms with van der Waals surface area (Å²) in [6.45, 7) is 3.07. The van der Waals surface area contributed by atoms with Crippen LogP contribution >= 0.6 is 22.9 Å². The van der Waals surface area contributed by atoms with Crippen molar-refractivity contribution in [1.29, 1.82) is 0 Å². The van der Waals surface area contributed by atoms with Gasteiger partial charge in [-0.15, -0.1) is 11.3 Å². The number of aliphatic hydroxyl groups is 1. The van der Waals surface area contributed by atoms with E-state index in [0.717, 1.165) is 36.1 Å². The standard InChI is InChI=1S/C20H15ClF4N4O4S.C4H10O/c21-11-5-10(6-12(22)7-11)18-28-8-14(33-18)17(32)27-9-15(30)29-13(1-2-20(23,24)25)16(31)19-26-3-4-34-19;1-3-4(2)5/h3-8,13H,1-2,9H2,(H,27,32)(H,29,30);4-5H,3H2,1-2H3. The molecule has 0 fully saturated rings. The summed E-state index contributed by atoms with van der Waals surface area (Å²) in [6, 6.07) is 2.05. The van der Waals surface area contributed by atoms with E-state index in [1.165, 1.54) is 17.6 Å². The zero-order chi connectivity index (χ0) is 29.2. The number of amides is 2. The summed E-state index contributed by atoms with van der Waals surface area (Å²) in [5, 5.41) is 14.3. The zero-order valence-electron chi connectivity index (χ0n) is 20.7. The van der Waals surface area contributed by atoms with E-state index in [1.807, 2.05) is 6.92 Å². The molecule has 2 aromatic heterocycles. The number of hydrogen-bond acceptors (Lipinski definition) is 8. The van der Waals surface area contributed by atoms with Crippen molar-refractivity contribution in [2.45, 2.75) is 51.4 Å². The molecule has 39 heavy (non-hydrogen) atoms. The van der Waals surface area contributed by atoms with Crippen LogP contribution in [0.5, 0.6) is 0 Å². The molecule has 0 aliphatic rings. The van der Waals surface area contributed by atoms with E-state index in [-0.39, 0.29) is 33.3 Å². The molecule has 0 aliphatic heterocycles. The van der Waals surface area contributed by atoms with Crippen molar-refractivity contribution < 1.29 is 41.5 Å². The quantitative estimate of drug-likeness (QED) is 0.227. The molecule has 2 unspecified atom stereocenters. The maximum Gasteiger partial charge on any atom is 0.389 e. The van der Waals surface area contributed by atoms with E-state index >= 15 is 0 Å². The predicted molar refractivity (Wildman–Crippen MR) is 135 cm³/mol. The topological polar surface area (TPSA) is 134 Å². The number of aliphatic hydroxyl groups excluding tert-OH is 1. The maximum atomic E-state index is 13.5. The Morgan fingerprint density at radius 2 is 1.90 bits per heavy atom. The Kier molecular flexibility index (Phi) is 12.0. The Hall–Kier alpha value is -3.36. The molecule has 212 valence electrons. The predicted octanol–water partition coefficient (Wildman–Crippen LogP) is 4.81. The molecule has 3 rings (SSSR count). The van der Waals surface area contributed by atoms with Crippen LogP contribution in [-0.4, -0.2) is 57.5 Å². The number of hydrogen-bond donors (Lipinski definition) is 3. The highest BCUT2D eigenvalue weighted by atomic mass is 35.5. The number of aromatic nitrogens is 2. The summed E-state index contributed by atoms with van der Waals surface area (Å²) in [5.74, 6) is -3.59. The van der Waals surface area contributed by atoms with E-state index in [2.05, 4.69) is 20.6 Å². The second-order valence-corrected chi connectivity index (χ2v) is 9.43. The number of nitrogens with one attached hydrogen (secondary N) is 2. The summed E-state index contributed by atoms with van der Waals surface area (Å²) < 4.78 is 56.6. The lowest BCUT2D eigenvalue weighted by atomic mass is 10.1. The van der Waals surface area contributed by atoms with E-state index < -0.39 is 55.0 Å². The van der Waals surface area contributed by atoms with Gasteiger partial charge in [0.1, 0.15) is 5.82 Å². The number of Topliss-reactive ketones (excluding diaryl/α,β-unsaturated/α-hetero) is 1. The van der Waals surface area contributed by atoms with Gasteiger partial charge in [0.25, 0.3) is 5.91 Å². The fourth-order valence-electron chi connectivity index (χ4n) is 2.75. The fraction of sp³-hybridized carbons (Fsp3) is 0.375. The highest BCUT2D eigenvalue weighted by molar-refractivity contribution is 7.11. The van der Waals surface area contributed by atoms with Gasteiger partial charge in [0.2, 0.25) is 23.3 Å².